The Morgan fingerprint density at radius 2 is 1.86 bits per heavy atom. The molecule has 0 radical (unpaired) electrons. The van der Waals surface area contributed by atoms with E-state index in [1.807, 2.05) is 0 Å². The van der Waals surface area contributed by atoms with E-state index in [4.69, 9.17) is 4.74 Å². The summed E-state index contributed by atoms with van der Waals surface area (Å²) in [6.07, 6.45) is 1.21. The molecule has 1 aliphatic carbocycles. The monoisotopic (exact) mass is 322 g/mol. The minimum atomic E-state index is -4.39. The zero-order valence-corrected chi connectivity index (χ0v) is 12.3. The van der Waals surface area contributed by atoms with E-state index in [9.17, 15) is 13.2 Å². The normalized spacial score (nSPS) is 21.5. The fourth-order valence-corrected chi connectivity index (χ4v) is 3.16. The minimum absolute atomic E-state index is 0. The van der Waals surface area contributed by atoms with Gasteiger partial charge in [-0.3, -0.25) is 0 Å². The fraction of sp³-hybridized carbons (Fsp3) is 0.643. The number of nitrogens with zero attached hydrogens (tertiary/aromatic N) is 1. The van der Waals surface area contributed by atoms with Gasteiger partial charge in [-0.05, 0) is 56.3 Å². The molecule has 3 rings (SSSR count). The summed E-state index contributed by atoms with van der Waals surface area (Å²) in [5.41, 5.74) is -0.483. The smallest absolute Gasteiger partial charge is 0.433 e. The van der Waals surface area contributed by atoms with Crippen molar-refractivity contribution in [1.82, 2.24) is 10.3 Å². The average Bonchev–Trinajstić information content (AvgIpc) is 2.38. The van der Waals surface area contributed by atoms with Crippen LogP contribution in [0.25, 0.3) is 0 Å². The molecule has 1 aliphatic heterocycles. The molecule has 1 saturated heterocycles. The molecule has 21 heavy (non-hydrogen) atoms. The lowest BCUT2D eigenvalue weighted by Crippen LogP contribution is -2.49. The summed E-state index contributed by atoms with van der Waals surface area (Å²) in [7, 11) is 0. The summed E-state index contributed by atoms with van der Waals surface area (Å²) in [4.78, 5) is 3.41. The molecule has 2 aliphatic rings. The Labute approximate surface area is 127 Å². The number of hydrogen-bond donors (Lipinski definition) is 1. The molecule has 118 valence electrons. The van der Waals surface area contributed by atoms with Crippen LogP contribution < -0.4 is 10.1 Å². The van der Waals surface area contributed by atoms with Crippen LogP contribution >= 0.6 is 12.4 Å². The summed E-state index contributed by atoms with van der Waals surface area (Å²) < 4.78 is 42.9. The van der Waals surface area contributed by atoms with Crippen molar-refractivity contribution < 1.29 is 17.9 Å². The second-order valence-corrected chi connectivity index (χ2v) is 5.78. The van der Waals surface area contributed by atoms with Crippen LogP contribution in [0.15, 0.2) is 18.3 Å². The standard InChI is InChI=1S/C14H17F3N2O.ClH/c15-14(16,17)12-2-1-10(9-19-12)20-11-7-13(8-11)3-5-18-6-4-13;/h1-2,9,11,18H,3-8H2;1H. The average molecular weight is 323 g/mol. The first-order valence-electron chi connectivity index (χ1n) is 6.88. The SMILES string of the molecule is Cl.FC(F)(F)c1ccc(OC2CC3(CCNCC3)C2)cn1. The molecular weight excluding hydrogens is 305 g/mol. The predicted octanol–water partition coefficient (Wildman–Crippen LogP) is 3.43. The van der Waals surface area contributed by atoms with Crippen LogP contribution in [-0.2, 0) is 6.18 Å². The number of piperidine rings is 1. The number of aromatic nitrogens is 1. The van der Waals surface area contributed by atoms with E-state index in [1.54, 1.807) is 0 Å². The lowest BCUT2D eigenvalue weighted by Gasteiger charge is -2.49. The Balaban J connectivity index is 0.00000161. The number of hydrogen-bond acceptors (Lipinski definition) is 3. The summed E-state index contributed by atoms with van der Waals surface area (Å²) in [6, 6.07) is 2.32. The molecule has 2 heterocycles. The molecule has 1 N–H and O–H groups in total. The number of rotatable bonds is 2. The molecule has 0 aromatic carbocycles. The Kier molecular flexibility index (Phi) is 4.68. The highest BCUT2D eigenvalue weighted by Gasteiger charge is 2.45. The summed E-state index contributed by atoms with van der Waals surface area (Å²) in [6.45, 7) is 2.10. The second-order valence-electron chi connectivity index (χ2n) is 5.78. The molecule has 0 amide bonds. The molecule has 1 aromatic heterocycles. The first kappa shape index (κ1) is 16.4. The van der Waals surface area contributed by atoms with Crippen molar-refractivity contribution >= 4 is 12.4 Å². The lowest BCUT2D eigenvalue weighted by atomic mass is 9.62. The molecule has 0 atom stereocenters. The predicted molar refractivity (Wildman–Crippen MR) is 74.7 cm³/mol. The van der Waals surface area contributed by atoms with Crippen molar-refractivity contribution in [3.8, 4) is 5.75 Å². The van der Waals surface area contributed by atoms with Crippen LogP contribution in [-0.4, -0.2) is 24.2 Å². The Hall–Kier alpha value is -1.01. The highest BCUT2D eigenvalue weighted by atomic mass is 35.5. The zero-order chi connectivity index (χ0) is 14.2. The largest absolute Gasteiger partial charge is 0.489 e. The Bertz CT molecular complexity index is 464. The van der Waals surface area contributed by atoms with E-state index in [0.29, 0.717) is 11.2 Å². The van der Waals surface area contributed by atoms with Gasteiger partial charge in [-0.1, -0.05) is 0 Å². The quantitative estimate of drug-likeness (QED) is 0.905. The molecule has 0 bridgehead atoms. The van der Waals surface area contributed by atoms with Crippen LogP contribution in [0.4, 0.5) is 13.2 Å². The van der Waals surface area contributed by atoms with Crippen molar-refractivity contribution in [2.75, 3.05) is 13.1 Å². The lowest BCUT2D eigenvalue weighted by molar-refractivity contribution is -0.141. The van der Waals surface area contributed by atoms with E-state index in [-0.39, 0.29) is 18.5 Å². The molecule has 7 heteroatoms. The van der Waals surface area contributed by atoms with Gasteiger partial charge in [0, 0.05) is 0 Å². The summed E-state index contributed by atoms with van der Waals surface area (Å²) in [5, 5.41) is 3.34. The topological polar surface area (TPSA) is 34.1 Å². The number of alkyl halides is 3. The van der Waals surface area contributed by atoms with Gasteiger partial charge in [0.1, 0.15) is 11.4 Å². The van der Waals surface area contributed by atoms with Gasteiger partial charge in [0.25, 0.3) is 0 Å². The molecule has 0 unspecified atom stereocenters. The van der Waals surface area contributed by atoms with Crippen LogP contribution in [0.5, 0.6) is 5.75 Å². The fourth-order valence-electron chi connectivity index (χ4n) is 3.16. The third-order valence-corrected chi connectivity index (χ3v) is 4.32. The van der Waals surface area contributed by atoms with Gasteiger partial charge in [-0.2, -0.15) is 13.2 Å². The first-order chi connectivity index (χ1) is 9.47. The number of halogens is 4. The Morgan fingerprint density at radius 3 is 2.38 bits per heavy atom. The summed E-state index contributed by atoms with van der Waals surface area (Å²) >= 11 is 0. The number of pyridine rings is 1. The molecular formula is C14H18ClF3N2O. The van der Waals surface area contributed by atoms with Crippen LogP contribution in [0, 0.1) is 5.41 Å². The van der Waals surface area contributed by atoms with Gasteiger partial charge < -0.3 is 10.1 Å². The van der Waals surface area contributed by atoms with Crippen molar-refractivity contribution in [2.45, 2.75) is 38.0 Å². The van der Waals surface area contributed by atoms with Crippen LogP contribution in [0.2, 0.25) is 0 Å². The molecule has 1 spiro atoms. The number of nitrogens with one attached hydrogen (secondary N) is 1. The minimum Gasteiger partial charge on any atom is -0.489 e. The third-order valence-electron chi connectivity index (χ3n) is 4.32. The van der Waals surface area contributed by atoms with E-state index in [1.165, 1.54) is 6.07 Å². The van der Waals surface area contributed by atoms with Gasteiger partial charge in [0.05, 0.1) is 12.3 Å². The van der Waals surface area contributed by atoms with Gasteiger partial charge in [0.2, 0.25) is 0 Å². The zero-order valence-electron chi connectivity index (χ0n) is 11.4. The summed E-state index contributed by atoms with van der Waals surface area (Å²) in [5.74, 6) is 0.423. The second kappa shape index (κ2) is 6.01. The van der Waals surface area contributed by atoms with Crippen molar-refractivity contribution in [1.29, 1.82) is 0 Å². The van der Waals surface area contributed by atoms with Crippen molar-refractivity contribution in [3.63, 3.8) is 0 Å². The van der Waals surface area contributed by atoms with Gasteiger partial charge in [-0.25, -0.2) is 4.98 Å². The molecule has 2 fully saturated rings. The first-order valence-corrected chi connectivity index (χ1v) is 6.88. The third kappa shape index (κ3) is 3.61. The van der Waals surface area contributed by atoms with E-state index < -0.39 is 11.9 Å². The maximum absolute atomic E-state index is 12.4. The highest BCUT2D eigenvalue weighted by Crippen LogP contribution is 2.49. The highest BCUT2D eigenvalue weighted by molar-refractivity contribution is 5.85. The van der Waals surface area contributed by atoms with Gasteiger partial charge in [-0.15, -0.1) is 12.4 Å². The van der Waals surface area contributed by atoms with Gasteiger partial charge in [0.15, 0.2) is 0 Å². The van der Waals surface area contributed by atoms with Crippen molar-refractivity contribution in [3.05, 3.63) is 24.0 Å². The van der Waals surface area contributed by atoms with Crippen LogP contribution in [0.1, 0.15) is 31.4 Å². The number of ether oxygens (including phenoxy) is 1. The van der Waals surface area contributed by atoms with E-state index in [0.717, 1.165) is 51.0 Å². The Morgan fingerprint density at radius 1 is 1.19 bits per heavy atom. The maximum atomic E-state index is 12.4. The molecule has 1 saturated carbocycles. The maximum Gasteiger partial charge on any atom is 0.433 e. The molecule has 1 aromatic rings. The van der Waals surface area contributed by atoms with E-state index >= 15 is 0 Å². The molecule has 3 nitrogen and oxygen atoms in total. The van der Waals surface area contributed by atoms with Gasteiger partial charge >= 0.3 is 6.18 Å². The van der Waals surface area contributed by atoms with E-state index in [2.05, 4.69) is 10.3 Å². The van der Waals surface area contributed by atoms with Crippen LogP contribution in [0.3, 0.4) is 0 Å². The van der Waals surface area contributed by atoms with Crippen molar-refractivity contribution in [2.24, 2.45) is 5.41 Å².